The molecule has 4 heteroatoms. The lowest BCUT2D eigenvalue weighted by molar-refractivity contribution is -0.149. The predicted octanol–water partition coefficient (Wildman–Crippen LogP) is 2.33. The molecule has 1 N–H and O–H groups in total. The standard InChI is InChI=1S/C10H11ClO3/c1-7(10(12)13)14-6-8-2-4-9(11)5-3-8/h2-5,7H,6H2,1H3,(H,12,13)/t7-/m1/s1. The summed E-state index contributed by atoms with van der Waals surface area (Å²) in [6.07, 6.45) is -0.786. The van der Waals surface area contributed by atoms with Gasteiger partial charge in [0.05, 0.1) is 6.61 Å². The van der Waals surface area contributed by atoms with Crippen molar-refractivity contribution < 1.29 is 14.6 Å². The summed E-state index contributed by atoms with van der Waals surface area (Å²) in [5, 5.41) is 9.21. The van der Waals surface area contributed by atoms with Crippen molar-refractivity contribution in [1.29, 1.82) is 0 Å². The van der Waals surface area contributed by atoms with Crippen LogP contribution in [-0.2, 0) is 16.1 Å². The van der Waals surface area contributed by atoms with Gasteiger partial charge in [0.2, 0.25) is 0 Å². The van der Waals surface area contributed by atoms with Crippen LogP contribution in [0, 0.1) is 0 Å². The van der Waals surface area contributed by atoms with Crippen LogP contribution >= 0.6 is 11.6 Å². The van der Waals surface area contributed by atoms with Gasteiger partial charge < -0.3 is 9.84 Å². The van der Waals surface area contributed by atoms with E-state index in [0.29, 0.717) is 5.02 Å². The maximum Gasteiger partial charge on any atom is 0.332 e. The van der Waals surface area contributed by atoms with Gasteiger partial charge in [0.15, 0.2) is 6.10 Å². The smallest absolute Gasteiger partial charge is 0.332 e. The molecule has 0 radical (unpaired) electrons. The van der Waals surface area contributed by atoms with E-state index in [1.54, 1.807) is 24.3 Å². The molecule has 76 valence electrons. The first kappa shape index (κ1) is 11.0. The number of hydrogen-bond acceptors (Lipinski definition) is 2. The Labute approximate surface area is 87.3 Å². The van der Waals surface area contributed by atoms with Crippen LogP contribution in [0.5, 0.6) is 0 Å². The molecule has 1 rings (SSSR count). The molecular formula is C10H11ClO3. The normalized spacial score (nSPS) is 12.4. The SMILES string of the molecule is C[C@@H](OCc1ccc(Cl)cc1)C(=O)O. The summed E-state index contributed by atoms with van der Waals surface area (Å²) in [6, 6.07) is 7.09. The third-order valence-electron chi connectivity index (χ3n) is 1.76. The van der Waals surface area contributed by atoms with Crippen molar-refractivity contribution in [3.63, 3.8) is 0 Å². The molecule has 0 aliphatic rings. The molecule has 0 saturated carbocycles. The van der Waals surface area contributed by atoms with E-state index in [-0.39, 0.29) is 6.61 Å². The molecular weight excluding hydrogens is 204 g/mol. The summed E-state index contributed by atoms with van der Waals surface area (Å²) in [4.78, 5) is 10.4. The fourth-order valence-corrected chi connectivity index (χ4v) is 0.999. The highest BCUT2D eigenvalue weighted by molar-refractivity contribution is 6.30. The number of aliphatic carboxylic acids is 1. The Morgan fingerprint density at radius 3 is 2.57 bits per heavy atom. The molecule has 0 heterocycles. The molecule has 1 atom stereocenters. The van der Waals surface area contributed by atoms with Crippen LogP contribution in [0.15, 0.2) is 24.3 Å². The third kappa shape index (κ3) is 3.36. The first-order valence-electron chi connectivity index (χ1n) is 4.18. The van der Waals surface area contributed by atoms with Gasteiger partial charge in [-0.25, -0.2) is 4.79 Å². The Bertz CT molecular complexity index is 308. The lowest BCUT2D eigenvalue weighted by atomic mass is 10.2. The molecule has 0 amide bonds. The number of benzene rings is 1. The highest BCUT2D eigenvalue weighted by atomic mass is 35.5. The monoisotopic (exact) mass is 214 g/mol. The van der Waals surface area contributed by atoms with Crippen molar-refractivity contribution in [2.45, 2.75) is 19.6 Å². The number of halogens is 1. The summed E-state index contributed by atoms with van der Waals surface area (Å²) in [5.41, 5.74) is 0.905. The van der Waals surface area contributed by atoms with Gasteiger partial charge in [-0.15, -0.1) is 0 Å². The van der Waals surface area contributed by atoms with Gasteiger partial charge in [-0.3, -0.25) is 0 Å². The summed E-state index contributed by atoms with van der Waals surface area (Å²) in [7, 11) is 0. The van der Waals surface area contributed by atoms with Crippen LogP contribution in [0.3, 0.4) is 0 Å². The van der Waals surface area contributed by atoms with E-state index < -0.39 is 12.1 Å². The van der Waals surface area contributed by atoms with Crippen LogP contribution in [0.25, 0.3) is 0 Å². The molecule has 0 fully saturated rings. The van der Waals surface area contributed by atoms with Crippen molar-refractivity contribution in [1.82, 2.24) is 0 Å². The van der Waals surface area contributed by atoms with Gasteiger partial charge in [-0.05, 0) is 24.6 Å². The van der Waals surface area contributed by atoms with Crippen LogP contribution < -0.4 is 0 Å². The summed E-state index contributed by atoms with van der Waals surface area (Å²) < 4.78 is 5.09. The van der Waals surface area contributed by atoms with Crippen molar-refractivity contribution >= 4 is 17.6 Å². The molecule has 1 aromatic rings. The highest BCUT2D eigenvalue weighted by Crippen LogP contribution is 2.10. The fourth-order valence-electron chi connectivity index (χ4n) is 0.873. The van der Waals surface area contributed by atoms with E-state index in [2.05, 4.69) is 0 Å². The van der Waals surface area contributed by atoms with Gasteiger partial charge in [0, 0.05) is 5.02 Å². The van der Waals surface area contributed by atoms with Crippen molar-refractivity contribution in [2.24, 2.45) is 0 Å². The Balaban J connectivity index is 2.46. The second-order valence-electron chi connectivity index (χ2n) is 2.92. The summed E-state index contributed by atoms with van der Waals surface area (Å²) in [6.45, 7) is 1.78. The lowest BCUT2D eigenvalue weighted by Crippen LogP contribution is -2.19. The predicted molar refractivity (Wildman–Crippen MR) is 53.3 cm³/mol. The molecule has 0 aromatic heterocycles. The molecule has 1 aromatic carbocycles. The largest absolute Gasteiger partial charge is 0.479 e. The van der Waals surface area contributed by atoms with Crippen LogP contribution in [0.4, 0.5) is 0 Å². The zero-order chi connectivity index (χ0) is 10.6. The molecule has 0 bridgehead atoms. The maximum atomic E-state index is 10.4. The van der Waals surface area contributed by atoms with E-state index >= 15 is 0 Å². The highest BCUT2D eigenvalue weighted by Gasteiger charge is 2.10. The van der Waals surface area contributed by atoms with Gasteiger partial charge in [-0.1, -0.05) is 23.7 Å². The van der Waals surface area contributed by atoms with Crippen LogP contribution in [0.2, 0.25) is 5.02 Å². The van der Waals surface area contributed by atoms with Gasteiger partial charge in [0.25, 0.3) is 0 Å². The van der Waals surface area contributed by atoms with Gasteiger partial charge in [0.1, 0.15) is 0 Å². The number of carbonyl (C=O) groups is 1. The molecule has 3 nitrogen and oxygen atoms in total. The van der Waals surface area contributed by atoms with E-state index in [9.17, 15) is 4.79 Å². The number of hydrogen-bond donors (Lipinski definition) is 1. The molecule has 0 unspecified atom stereocenters. The quantitative estimate of drug-likeness (QED) is 0.837. The lowest BCUT2D eigenvalue weighted by Gasteiger charge is -2.07. The molecule has 0 aliphatic carbocycles. The van der Waals surface area contributed by atoms with Crippen molar-refractivity contribution in [3.05, 3.63) is 34.9 Å². The fraction of sp³-hybridized carbons (Fsp3) is 0.300. The van der Waals surface area contributed by atoms with E-state index in [1.807, 2.05) is 0 Å². The Morgan fingerprint density at radius 1 is 1.50 bits per heavy atom. The van der Waals surface area contributed by atoms with E-state index in [4.69, 9.17) is 21.4 Å². The Kier molecular flexibility index (Phi) is 3.92. The number of carboxylic acids is 1. The van der Waals surface area contributed by atoms with Crippen molar-refractivity contribution in [2.75, 3.05) is 0 Å². The molecule has 14 heavy (non-hydrogen) atoms. The van der Waals surface area contributed by atoms with E-state index in [1.165, 1.54) is 6.92 Å². The molecule has 0 spiro atoms. The second kappa shape index (κ2) is 4.98. The third-order valence-corrected chi connectivity index (χ3v) is 2.01. The molecule has 0 saturated heterocycles. The molecule has 0 aliphatic heterocycles. The number of ether oxygens (including phenoxy) is 1. The average molecular weight is 215 g/mol. The summed E-state index contributed by atoms with van der Waals surface area (Å²) >= 11 is 5.69. The summed E-state index contributed by atoms with van der Waals surface area (Å²) in [5.74, 6) is -0.959. The van der Waals surface area contributed by atoms with E-state index in [0.717, 1.165) is 5.56 Å². The zero-order valence-corrected chi connectivity index (χ0v) is 8.49. The maximum absolute atomic E-state index is 10.4. The number of carboxylic acid groups (broad SMARTS) is 1. The Morgan fingerprint density at radius 2 is 2.07 bits per heavy atom. The number of rotatable bonds is 4. The minimum absolute atomic E-state index is 0.282. The topological polar surface area (TPSA) is 46.5 Å². The first-order chi connectivity index (χ1) is 6.59. The van der Waals surface area contributed by atoms with Crippen LogP contribution in [-0.4, -0.2) is 17.2 Å². The Hall–Kier alpha value is -1.06. The zero-order valence-electron chi connectivity index (χ0n) is 7.74. The average Bonchev–Trinajstić information content (AvgIpc) is 2.16. The van der Waals surface area contributed by atoms with Gasteiger partial charge >= 0.3 is 5.97 Å². The minimum Gasteiger partial charge on any atom is -0.479 e. The second-order valence-corrected chi connectivity index (χ2v) is 3.35. The minimum atomic E-state index is -0.959. The van der Waals surface area contributed by atoms with Crippen molar-refractivity contribution in [3.8, 4) is 0 Å². The first-order valence-corrected chi connectivity index (χ1v) is 4.56. The van der Waals surface area contributed by atoms with Gasteiger partial charge in [-0.2, -0.15) is 0 Å². The van der Waals surface area contributed by atoms with Crippen LogP contribution in [0.1, 0.15) is 12.5 Å².